The van der Waals surface area contributed by atoms with E-state index in [-0.39, 0.29) is 0 Å². The molecule has 3 rings (SSSR count). The fraction of sp³-hybridized carbons (Fsp3) is 0.600. The monoisotopic (exact) mass is 247 g/mol. The van der Waals surface area contributed by atoms with E-state index in [1.165, 1.54) is 49.5 Å². The molecule has 2 unspecified atom stereocenters. The average Bonchev–Trinajstić information content (AvgIpc) is 2.91. The molecular weight excluding hydrogens is 226 g/mol. The molecule has 1 aliphatic carbocycles. The molecule has 1 saturated heterocycles. The van der Waals surface area contributed by atoms with Crippen molar-refractivity contribution in [3.8, 4) is 0 Å². The zero-order chi connectivity index (χ0) is 11.5. The van der Waals surface area contributed by atoms with Crippen LogP contribution >= 0.6 is 11.8 Å². The Labute approximate surface area is 109 Å². The molecule has 0 radical (unpaired) electrons. The van der Waals surface area contributed by atoms with Crippen LogP contribution < -0.4 is 0 Å². The molecule has 1 saturated carbocycles. The molecule has 1 aromatic carbocycles. The van der Waals surface area contributed by atoms with E-state index < -0.39 is 0 Å². The first kappa shape index (κ1) is 11.6. The first-order chi connectivity index (χ1) is 8.42. The van der Waals surface area contributed by atoms with Crippen molar-refractivity contribution >= 4 is 11.8 Å². The number of rotatable bonds is 4. The highest BCUT2D eigenvalue weighted by atomic mass is 32.2. The van der Waals surface area contributed by atoms with Gasteiger partial charge in [0.25, 0.3) is 0 Å². The van der Waals surface area contributed by atoms with Crippen LogP contribution in [0.1, 0.15) is 19.3 Å². The second-order valence-corrected chi connectivity index (χ2v) is 6.54. The van der Waals surface area contributed by atoms with Gasteiger partial charge < -0.3 is 4.90 Å². The van der Waals surface area contributed by atoms with E-state index in [0.29, 0.717) is 0 Å². The van der Waals surface area contributed by atoms with Crippen LogP contribution in [0.5, 0.6) is 0 Å². The van der Waals surface area contributed by atoms with Gasteiger partial charge >= 0.3 is 0 Å². The van der Waals surface area contributed by atoms with Crippen LogP contribution in [-0.4, -0.2) is 30.3 Å². The lowest BCUT2D eigenvalue weighted by atomic mass is 10.0. The summed E-state index contributed by atoms with van der Waals surface area (Å²) in [6.45, 7) is 4.02. The molecule has 2 fully saturated rings. The maximum absolute atomic E-state index is 2.68. The molecule has 17 heavy (non-hydrogen) atoms. The fourth-order valence-electron chi connectivity index (χ4n) is 3.32. The molecule has 0 amide bonds. The van der Waals surface area contributed by atoms with Gasteiger partial charge in [-0.3, -0.25) is 0 Å². The van der Waals surface area contributed by atoms with Gasteiger partial charge in [0, 0.05) is 30.3 Å². The number of likely N-dealkylation sites (tertiary alicyclic amines) is 1. The van der Waals surface area contributed by atoms with Gasteiger partial charge in [-0.05, 0) is 36.8 Å². The summed E-state index contributed by atoms with van der Waals surface area (Å²) in [5.41, 5.74) is 0. The Morgan fingerprint density at radius 2 is 1.76 bits per heavy atom. The highest BCUT2D eigenvalue weighted by molar-refractivity contribution is 7.99. The van der Waals surface area contributed by atoms with Crippen LogP contribution in [0.15, 0.2) is 35.2 Å². The molecule has 1 nitrogen and oxygen atoms in total. The minimum Gasteiger partial charge on any atom is -0.302 e. The molecule has 0 spiro atoms. The summed E-state index contributed by atoms with van der Waals surface area (Å²) in [6, 6.07) is 10.8. The second kappa shape index (κ2) is 5.45. The Hall–Kier alpha value is -0.470. The third-order valence-corrected chi connectivity index (χ3v) is 5.21. The Kier molecular flexibility index (Phi) is 3.72. The van der Waals surface area contributed by atoms with Crippen molar-refractivity contribution in [3.05, 3.63) is 30.3 Å². The summed E-state index contributed by atoms with van der Waals surface area (Å²) in [5, 5.41) is 0. The van der Waals surface area contributed by atoms with Crippen LogP contribution in [0.25, 0.3) is 0 Å². The van der Waals surface area contributed by atoms with E-state index in [9.17, 15) is 0 Å². The van der Waals surface area contributed by atoms with E-state index >= 15 is 0 Å². The van der Waals surface area contributed by atoms with Crippen molar-refractivity contribution in [1.29, 1.82) is 0 Å². The van der Waals surface area contributed by atoms with Crippen molar-refractivity contribution in [1.82, 2.24) is 4.90 Å². The summed E-state index contributed by atoms with van der Waals surface area (Å²) in [4.78, 5) is 4.09. The third-order valence-electron chi connectivity index (χ3n) is 4.22. The molecular formula is C15H21NS. The number of thioether (sulfide) groups is 1. The maximum atomic E-state index is 2.68. The van der Waals surface area contributed by atoms with Crippen molar-refractivity contribution in [3.63, 3.8) is 0 Å². The van der Waals surface area contributed by atoms with E-state index in [2.05, 4.69) is 35.2 Å². The lowest BCUT2D eigenvalue weighted by Gasteiger charge is -2.16. The molecule has 2 aliphatic rings. The van der Waals surface area contributed by atoms with Gasteiger partial charge in [0.1, 0.15) is 0 Å². The minimum atomic E-state index is 1.04. The van der Waals surface area contributed by atoms with Gasteiger partial charge in [-0.1, -0.05) is 24.6 Å². The third kappa shape index (κ3) is 2.86. The normalized spacial score (nSPS) is 28.5. The predicted octanol–water partition coefficient (Wildman–Crippen LogP) is 3.51. The van der Waals surface area contributed by atoms with Crippen LogP contribution in [0.2, 0.25) is 0 Å². The lowest BCUT2D eigenvalue weighted by Crippen LogP contribution is -2.24. The summed E-state index contributed by atoms with van der Waals surface area (Å²) in [5.74, 6) is 3.32. The molecule has 1 heterocycles. The molecule has 0 bridgehead atoms. The summed E-state index contributed by atoms with van der Waals surface area (Å²) < 4.78 is 0. The number of fused-ring (bicyclic) bond motifs is 1. The molecule has 2 atom stereocenters. The van der Waals surface area contributed by atoms with Crippen LogP contribution in [-0.2, 0) is 0 Å². The summed E-state index contributed by atoms with van der Waals surface area (Å²) in [6.07, 6.45) is 4.47. The van der Waals surface area contributed by atoms with Crippen molar-refractivity contribution < 1.29 is 0 Å². The van der Waals surface area contributed by atoms with Crippen LogP contribution in [0.4, 0.5) is 0 Å². The fourth-order valence-corrected chi connectivity index (χ4v) is 4.26. The highest BCUT2D eigenvalue weighted by Gasteiger charge is 2.35. The van der Waals surface area contributed by atoms with Gasteiger partial charge in [0.15, 0.2) is 0 Å². The van der Waals surface area contributed by atoms with E-state index in [4.69, 9.17) is 0 Å². The van der Waals surface area contributed by atoms with E-state index in [1.54, 1.807) is 0 Å². The number of benzene rings is 1. The molecule has 1 aliphatic heterocycles. The zero-order valence-corrected chi connectivity index (χ0v) is 11.2. The molecule has 0 aromatic heterocycles. The number of hydrogen-bond donors (Lipinski definition) is 0. The van der Waals surface area contributed by atoms with Gasteiger partial charge in [-0.25, -0.2) is 0 Å². The Bertz CT molecular complexity index is 339. The Balaban J connectivity index is 1.41. The number of nitrogens with zero attached hydrogens (tertiary/aromatic N) is 1. The van der Waals surface area contributed by atoms with Gasteiger partial charge in [0.2, 0.25) is 0 Å². The molecule has 92 valence electrons. The molecule has 1 aromatic rings. The topological polar surface area (TPSA) is 3.24 Å². The molecule has 2 heteroatoms. The van der Waals surface area contributed by atoms with Crippen molar-refractivity contribution in [2.45, 2.75) is 24.2 Å². The largest absolute Gasteiger partial charge is 0.302 e. The van der Waals surface area contributed by atoms with Gasteiger partial charge in [0.05, 0.1) is 0 Å². The lowest BCUT2D eigenvalue weighted by molar-refractivity contribution is 0.331. The van der Waals surface area contributed by atoms with Crippen LogP contribution in [0, 0.1) is 11.8 Å². The standard InChI is InChI=1S/C15H21NS/c1-2-7-15(8-3-1)17-10-9-16-11-13-5-4-6-14(13)12-16/h1-3,7-8,13-14H,4-6,9-12H2. The first-order valence-corrected chi connectivity index (χ1v) is 7.80. The SMILES string of the molecule is c1ccc(SCCN2CC3CCCC3C2)cc1. The van der Waals surface area contributed by atoms with Gasteiger partial charge in [-0.2, -0.15) is 0 Å². The average molecular weight is 247 g/mol. The van der Waals surface area contributed by atoms with E-state index in [0.717, 1.165) is 11.8 Å². The van der Waals surface area contributed by atoms with E-state index in [1.807, 2.05) is 11.8 Å². The van der Waals surface area contributed by atoms with Crippen molar-refractivity contribution in [2.75, 3.05) is 25.4 Å². The maximum Gasteiger partial charge on any atom is 0.0108 e. The first-order valence-electron chi connectivity index (χ1n) is 6.82. The molecule has 0 N–H and O–H groups in total. The zero-order valence-electron chi connectivity index (χ0n) is 10.3. The van der Waals surface area contributed by atoms with Crippen molar-refractivity contribution in [2.24, 2.45) is 11.8 Å². The Morgan fingerprint density at radius 3 is 2.47 bits per heavy atom. The second-order valence-electron chi connectivity index (χ2n) is 5.37. The highest BCUT2D eigenvalue weighted by Crippen LogP contribution is 2.37. The predicted molar refractivity (Wildman–Crippen MR) is 74.4 cm³/mol. The smallest absolute Gasteiger partial charge is 0.0108 e. The summed E-state index contributed by atoms with van der Waals surface area (Å²) >= 11 is 1.99. The minimum absolute atomic E-state index is 1.04. The van der Waals surface area contributed by atoms with Gasteiger partial charge in [-0.15, -0.1) is 11.8 Å². The summed E-state index contributed by atoms with van der Waals surface area (Å²) in [7, 11) is 0. The number of hydrogen-bond acceptors (Lipinski definition) is 2. The Morgan fingerprint density at radius 1 is 1.06 bits per heavy atom. The van der Waals surface area contributed by atoms with Crippen LogP contribution in [0.3, 0.4) is 0 Å². The quantitative estimate of drug-likeness (QED) is 0.749.